The van der Waals surface area contributed by atoms with E-state index >= 15 is 0 Å². The van der Waals surface area contributed by atoms with Gasteiger partial charge in [0.05, 0.1) is 22.9 Å². The molecular weight excluding hydrogens is 415 g/mol. The van der Waals surface area contributed by atoms with E-state index in [-0.39, 0.29) is 17.8 Å². The molecule has 31 heavy (non-hydrogen) atoms. The van der Waals surface area contributed by atoms with E-state index in [0.29, 0.717) is 42.3 Å². The number of anilines is 2. The number of halogens is 1. The fourth-order valence-corrected chi connectivity index (χ4v) is 5.18. The van der Waals surface area contributed by atoms with Crippen LogP contribution in [0.3, 0.4) is 0 Å². The number of aromatic nitrogens is 3. The Kier molecular flexibility index (Phi) is 5.24. The second-order valence-electron chi connectivity index (χ2n) is 8.71. The lowest BCUT2D eigenvalue weighted by Crippen LogP contribution is -2.33. The molecule has 1 aromatic carbocycles. The van der Waals surface area contributed by atoms with Crippen molar-refractivity contribution in [3.05, 3.63) is 52.7 Å². The maximum Gasteiger partial charge on any atom is 0.227 e. The molecule has 0 radical (unpaired) electrons. The predicted molar refractivity (Wildman–Crippen MR) is 118 cm³/mol. The third kappa shape index (κ3) is 4.33. The maximum absolute atomic E-state index is 14.0. The summed E-state index contributed by atoms with van der Waals surface area (Å²) in [5.41, 5.74) is 2.38. The van der Waals surface area contributed by atoms with Gasteiger partial charge in [0, 0.05) is 17.8 Å². The molecule has 0 aliphatic heterocycles. The van der Waals surface area contributed by atoms with Crippen molar-refractivity contribution in [1.82, 2.24) is 15.0 Å². The summed E-state index contributed by atoms with van der Waals surface area (Å²) < 4.78 is 14.0. The zero-order valence-electron chi connectivity index (χ0n) is 17.3. The third-order valence-corrected chi connectivity index (χ3v) is 7.28. The van der Waals surface area contributed by atoms with Gasteiger partial charge in [0.2, 0.25) is 5.95 Å². The molecule has 2 aliphatic rings. The van der Waals surface area contributed by atoms with Crippen molar-refractivity contribution < 1.29 is 14.6 Å². The topological polar surface area (TPSA) is 91.2 Å². The van der Waals surface area contributed by atoms with Crippen LogP contribution >= 0.6 is 11.3 Å². The SMILES string of the molecule is Cc1cc(Nc2ncc(F)c(C3CC3)n2)cc(-c2cnc(C3(O)CCC(O)CC3)s2)c1. The first-order chi connectivity index (χ1) is 14.9. The molecule has 8 heteroatoms. The van der Waals surface area contributed by atoms with Gasteiger partial charge in [-0.2, -0.15) is 0 Å². The Labute approximate surface area is 184 Å². The number of nitrogens with zero attached hydrogens (tertiary/aromatic N) is 3. The molecule has 2 heterocycles. The van der Waals surface area contributed by atoms with Crippen LogP contribution in [0.5, 0.6) is 0 Å². The van der Waals surface area contributed by atoms with Gasteiger partial charge in [0.25, 0.3) is 0 Å². The summed E-state index contributed by atoms with van der Waals surface area (Å²) in [4.78, 5) is 13.9. The first-order valence-corrected chi connectivity index (χ1v) is 11.5. The van der Waals surface area contributed by atoms with E-state index in [1.807, 2.05) is 19.1 Å². The van der Waals surface area contributed by atoms with Crippen molar-refractivity contribution in [3.8, 4) is 10.4 Å². The van der Waals surface area contributed by atoms with Crippen LogP contribution in [0.25, 0.3) is 10.4 Å². The van der Waals surface area contributed by atoms with Crippen LogP contribution < -0.4 is 5.32 Å². The van der Waals surface area contributed by atoms with Crippen molar-refractivity contribution in [2.45, 2.75) is 63.1 Å². The lowest BCUT2D eigenvalue weighted by Gasteiger charge is -2.32. The molecule has 0 atom stereocenters. The molecule has 0 unspecified atom stereocenters. The summed E-state index contributed by atoms with van der Waals surface area (Å²) in [6.07, 6.45) is 6.86. The largest absolute Gasteiger partial charge is 0.393 e. The van der Waals surface area contributed by atoms with Gasteiger partial charge in [-0.1, -0.05) is 6.07 Å². The van der Waals surface area contributed by atoms with Crippen LogP contribution in [-0.2, 0) is 5.60 Å². The van der Waals surface area contributed by atoms with Gasteiger partial charge in [-0.25, -0.2) is 19.3 Å². The maximum atomic E-state index is 14.0. The van der Waals surface area contributed by atoms with Crippen molar-refractivity contribution in [1.29, 1.82) is 0 Å². The monoisotopic (exact) mass is 440 g/mol. The quantitative estimate of drug-likeness (QED) is 0.528. The van der Waals surface area contributed by atoms with Gasteiger partial charge in [-0.05, 0) is 68.7 Å². The molecule has 2 fully saturated rings. The number of thiazole rings is 1. The van der Waals surface area contributed by atoms with Gasteiger partial charge in [-0.3, -0.25) is 0 Å². The van der Waals surface area contributed by atoms with E-state index in [2.05, 4.69) is 26.3 Å². The Morgan fingerprint density at radius 1 is 1.10 bits per heavy atom. The summed E-state index contributed by atoms with van der Waals surface area (Å²) in [5, 5.41) is 24.7. The number of nitrogens with one attached hydrogen (secondary N) is 1. The standard InChI is InChI=1S/C23H25FN4O2S/c1-13-8-15(19-12-25-21(31-19)23(30)6-4-17(29)5-7-23)10-16(9-13)27-22-26-11-18(24)20(28-22)14-2-3-14/h8-12,14,17,29-30H,2-7H2,1H3,(H,26,27,28). The van der Waals surface area contributed by atoms with Crippen LogP contribution in [0.4, 0.5) is 16.0 Å². The van der Waals surface area contributed by atoms with Gasteiger partial charge in [-0.15, -0.1) is 11.3 Å². The van der Waals surface area contributed by atoms with E-state index in [4.69, 9.17) is 0 Å². The first-order valence-electron chi connectivity index (χ1n) is 10.7. The van der Waals surface area contributed by atoms with Crippen molar-refractivity contribution in [3.63, 3.8) is 0 Å². The fourth-order valence-electron chi connectivity index (χ4n) is 4.13. The summed E-state index contributed by atoms with van der Waals surface area (Å²) in [7, 11) is 0. The number of aliphatic hydroxyl groups is 2. The van der Waals surface area contributed by atoms with Crippen LogP contribution in [0.1, 0.15) is 60.7 Å². The van der Waals surface area contributed by atoms with E-state index in [0.717, 1.165) is 34.5 Å². The van der Waals surface area contributed by atoms with Crippen LogP contribution in [-0.4, -0.2) is 31.3 Å². The molecule has 2 aromatic heterocycles. The molecular formula is C23H25FN4O2S. The van der Waals surface area contributed by atoms with Crippen LogP contribution in [0.2, 0.25) is 0 Å². The molecule has 6 nitrogen and oxygen atoms in total. The highest BCUT2D eigenvalue weighted by Gasteiger charge is 2.37. The van der Waals surface area contributed by atoms with Gasteiger partial charge < -0.3 is 15.5 Å². The Balaban J connectivity index is 1.39. The molecule has 2 saturated carbocycles. The number of aliphatic hydroxyl groups excluding tert-OH is 1. The summed E-state index contributed by atoms with van der Waals surface area (Å²) in [6, 6.07) is 6.05. The fraction of sp³-hybridized carbons (Fsp3) is 0.435. The summed E-state index contributed by atoms with van der Waals surface area (Å²) in [6.45, 7) is 2.01. The number of benzene rings is 1. The van der Waals surface area contributed by atoms with E-state index < -0.39 is 5.60 Å². The summed E-state index contributed by atoms with van der Waals surface area (Å²) >= 11 is 1.48. The van der Waals surface area contributed by atoms with E-state index in [1.165, 1.54) is 17.5 Å². The molecule has 0 bridgehead atoms. The lowest BCUT2D eigenvalue weighted by molar-refractivity contribution is -0.0362. The number of aryl methyl sites for hydroxylation is 1. The average Bonchev–Trinajstić information content (AvgIpc) is 3.46. The molecule has 2 aliphatic carbocycles. The van der Waals surface area contributed by atoms with E-state index in [9.17, 15) is 14.6 Å². The molecule has 3 aromatic rings. The Hall–Kier alpha value is -2.42. The van der Waals surface area contributed by atoms with Gasteiger partial charge in [0.15, 0.2) is 5.82 Å². The third-order valence-electron chi connectivity index (χ3n) is 6.04. The highest BCUT2D eigenvalue weighted by atomic mass is 32.1. The average molecular weight is 441 g/mol. The minimum absolute atomic E-state index is 0.207. The molecule has 0 amide bonds. The van der Waals surface area contributed by atoms with Crippen LogP contribution in [0, 0.1) is 12.7 Å². The molecule has 0 spiro atoms. The number of rotatable bonds is 5. The smallest absolute Gasteiger partial charge is 0.227 e. The highest BCUT2D eigenvalue weighted by molar-refractivity contribution is 7.15. The number of hydrogen-bond acceptors (Lipinski definition) is 7. The molecule has 3 N–H and O–H groups in total. The molecule has 5 rings (SSSR count). The van der Waals surface area contributed by atoms with Gasteiger partial charge in [0.1, 0.15) is 10.6 Å². The second kappa shape index (κ2) is 7.93. The van der Waals surface area contributed by atoms with Crippen molar-refractivity contribution in [2.75, 3.05) is 5.32 Å². The van der Waals surface area contributed by atoms with Gasteiger partial charge >= 0.3 is 0 Å². The Bertz CT molecular complexity index is 1110. The second-order valence-corrected chi connectivity index (χ2v) is 9.74. The normalized spacial score (nSPS) is 23.7. The summed E-state index contributed by atoms with van der Waals surface area (Å²) in [5.74, 6) is 0.252. The Morgan fingerprint density at radius 2 is 1.87 bits per heavy atom. The zero-order chi connectivity index (χ0) is 21.6. The Morgan fingerprint density at radius 3 is 2.61 bits per heavy atom. The number of hydrogen-bond donors (Lipinski definition) is 3. The van der Waals surface area contributed by atoms with E-state index in [1.54, 1.807) is 6.20 Å². The zero-order valence-corrected chi connectivity index (χ0v) is 18.1. The molecule has 162 valence electrons. The van der Waals surface area contributed by atoms with Crippen LogP contribution in [0.15, 0.2) is 30.6 Å². The van der Waals surface area contributed by atoms with Crippen molar-refractivity contribution in [2.24, 2.45) is 0 Å². The predicted octanol–water partition coefficient (Wildman–Crippen LogP) is 4.79. The minimum Gasteiger partial charge on any atom is -0.393 e. The first kappa shape index (κ1) is 20.5. The molecule has 0 saturated heterocycles. The highest BCUT2D eigenvalue weighted by Crippen LogP contribution is 2.42. The van der Waals surface area contributed by atoms with Crippen molar-refractivity contribution >= 4 is 23.0 Å². The lowest BCUT2D eigenvalue weighted by atomic mass is 9.84. The minimum atomic E-state index is -0.964.